The van der Waals surface area contributed by atoms with Gasteiger partial charge in [0.05, 0.1) is 0 Å². The van der Waals surface area contributed by atoms with Crippen molar-refractivity contribution >= 4 is 0 Å². The Morgan fingerprint density at radius 2 is 1.86 bits per heavy atom. The topological polar surface area (TPSA) is 47.3 Å². The molecule has 3 heteroatoms. The van der Waals surface area contributed by atoms with Gasteiger partial charge in [0, 0.05) is 30.8 Å². The van der Waals surface area contributed by atoms with E-state index in [0.717, 1.165) is 32.6 Å². The molecule has 3 N–H and O–H groups in total. The summed E-state index contributed by atoms with van der Waals surface area (Å²) in [7, 11) is 0. The van der Waals surface area contributed by atoms with E-state index in [1.54, 1.807) is 0 Å². The molecule has 1 saturated carbocycles. The molecule has 0 spiro atoms. The molecule has 82 valence electrons. The summed E-state index contributed by atoms with van der Waals surface area (Å²) in [4.78, 5) is 0. The van der Waals surface area contributed by atoms with E-state index in [0.29, 0.717) is 0 Å². The largest absolute Gasteiger partial charge is 0.381 e. The lowest BCUT2D eigenvalue weighted by Gasteiger charge is -2.43. The lowest BCUT2D eigenvalue weighted by molar-refractivity contribution is 0.0403. The second kappa shape index (κ2) is 3.80. The lowest BCUT2D eigenvalue weighted by Crippen LogP contribution is -2.59. The zero-order chi connectivity index (χ0) is 10.1. The fourth-order valence-corrected chi connectivity index (χ4v) is 2.20. The third kappa shape index (κ3) is 2.27. The van der Waals surface area contributed by atoms with Gasteiger partial charge < -0.3 is 15.8 Å². The van der Waals surface area contributed by atoms with Gasteiger partial charge in [-0.2, -0.15) is 0 Å². The van der Waals surface area contributed by atoms with E-state index in [2.05, 4.69) is 12.2 Å². The normalized spacial score (nSPS) is 29.6. The molecule has 0 bridgehead atoms. The van der Waals surface area contributed by atoms with Crippen LogP contribution < -0.4 is 11.1 Å². The molecule has 0 atom stereocenters. The summed E-state index contributed by atoms with van der Waals surface area (Å²) in [5.41, 5.74) is 6.55. The van der Waals surface area contributed by atoms with Crippen LogP contribution in [0, 0.1) is 0 Å². The summed E-state index contributed by atoms with van der Waals surface area (Å²) >= 11 is 0. The number of hydrogen-bond donors (Lipinski definition) is 2. The van der Waals surface area contributed by atoms with Crippen molar-refractivity contribution in [2.24, 2.45) is 5.73 Å². The Morgan fingerprint density at radius 3 is 2.36 bits per heavy atom. The first-order valence-corrected chi connectivity index (χ1v) is 5.74. The molecular weight excluding hydrogens is 176 g/mol. The first-order valence-electron chi connectivity index (χ1n) is 5.74. The van der Waals surface area contributed by atoms with Crippen LogP contribution in [0.5, 0.6) is 0 Å². The molecule has 2 aliphatic rings. The van der Waals surface area contributed by atoms with Crippen molar-refractivity contribution in [2.45, 2.75) is 50.1 Å². The molecule has 2 rings (SSSR count). The van der Waals surface area contributed by atoms with Crippen LogP contribution in [0.1, 0.15) is 39.0 Å². The third-order valence-corrected chi connectivity index (χ3v) is 3.81. The van der Waals surface area contributed by atoms with Crippen LogP contribution in [-0.2, 0) is 4.74 Å². The maximum atomic E-state index is 6.19. The Kier molecular flexibility index (Phi) is 2.82. The quantitative estimate of drug-likeness (QED) is 0.712. The van der Waals surface area contributed by atoms with Gasteiger partial charge in [0.25, 0.3) is 0 Å². The van der Waals surface area contributed by atoms with E-state index in [9.17, 15) is 0 Å². The molecule has 0 aromatic rings. The number of rotatable bonds is 3. The van der Waals surface area contributed by atoms with Gasteiger partial charge in [-0.3, -0.25) is 0 Å². The zero-order valence-corrected chi connectivity index (χ0v) is 9.14. The van der Waals surface area contributed by atoms with Crippen molar-refractivity contribution < 1.29 is 4.74 Å². The van der Waals surface area contributed by atoms with E-state index in [4.69, 9.17) is 10.5 Å². The SMILES string of the molecule is CC1(NCC2(N)CCC2)CCOCC1. The maximum Gasteiger partial charge on any atom is 0.0483 e. The molecule has 3 nitrogen and oxygen atoms in total. The van der Waals surface area contributed by atoms with E-state index in [-0.39, 0.29) is 11.1 Å². The van der Waals surface area contributed by atoms with Gasteiger partial charge in [-0.1, -0.05) is 0 Å². The summed E-state index contributed by atoms with van der Waals surface area (Å²) in [6.07, 6.45) is 5.91. The molecule has 1 heterocycles. The average Bonchev–Trinajstić information content (AvgIpc) is 2.13. The van der Waals surface area contributed by atoms with Crippen molar-refractivity contribution in [2.75, 3.05) is 19.8 Å². The summed E-state index contributed by atoms with van der Waals surface area (Å²) < 4.78 is 5.37. The molecular formula is C11H22N2O. The van der Waals surface area contributed by atoms with Gasteiger partial charge in [0.2, 0.25) is 0 Å². The minimum absolute atomic E-state index is 0.0985. The van der Waals surface area contributed by atoms with Gasteiger partial charge in [0.15, 0.2) is 0 Å². The van der Waals surface area contributed by atoms with Crippen LogP contribution in [0.15, 0.2) is 0 Å². The number of hydrogen-bond acceptors (Lipinski definition) is 3. The van der Waals surface area contributed by atoms with Crippen LogP contribution >= 0.6 is 0 Å². The number of nitrogens with one attached hydrogen (secondary N) is 1. The van der Waals surface area contributed by atoms with Crippen LogP contribution in [0.2, 0.25) is 0 Å². The summed E-state index contributed by atoms with van der Waals surface area (Å²) in [5, 5.41) is 3.64. The molecule has 1 aliphatic heterocycles. The minimum Gasteiger partial charge on any atom is -0.381 e. The van der Waals surface area contributed by atoms with Gasteiger partial charge in [-0.05, 0) is 39.0 Å². The predicted molar refractivity (Wildman–Crippen MR) is 57.2 cm³/mol. The van der Waals surface area contributed by atoms with Crippen LogP contribution in [0.25, 0.3) is 0 Å². The second-order valence-electron chi connectivity index (χ2n) is 5.24. The highest BCUT2D eigenvalue weighted by atomic mass is 16.5. The molecule has 0 aromatic carbocycles. The lowest BCUT2D eigenvalue weighted by atomic mass is 9.77. The molecule has 0 unspecified atom stereocenters. The Balaban J connectivity index is 1.77. The Morgan fingerprint density at radius 1 is 1.21 bits per heavy atom. The van der Waals surface area contributed by atoms with E-state index in [1.807, 2.05) is 0 Å². The molecule has 14 heavy (non-hydrogen) atoms. The second-order valence-corrected chi connectivity index (χ2v) is 5.24. The van der Waals surface area contributed by atoms with Crippen LogP contribution in [0.3, 0.4) is 0 Å². The first-order chi connectivity index (χ1) is 6.62. The fraction of sp³-hybridized carbons (Fsp3) is 1.00. The van der Waals surface area contributed by atoms with Crippen molar-refractivity contribution in [3.05, 3.63) is 0 Å². The molecule has 0 aromatic heterocycles. The number of nitrogens with two attached hydrogens (primary N) is 1. The van der Waals surface area contributed by atoms with Crippen molar-refractivity contribution in [3.63, 3.8) is 0 Å². The van der Waals surface area contributed by atoms with Crippen LogP contribution in [0.4, 0.5) is 0 Å². The predicted octanol–water partition coefficient (Wildman–Crippen LogP) is 1.03. The van der Waals surface area contributed by atoms with Crippen LogP contribution in [-0.4, -0.2) is 30.8 Å². The third-order valence-electron chi connectivity index (χ3n) is 3.81. The fourth-order valence-electron chi connectivity index (χ4n) is 2.20. The minimum atomic E-state index is 0.0985. The molecule has 1 aliphatic carbocycles. The number of ether oxygens (including phenoxy) is 1. The van der Waals surface area contributed by atoms with E-state index < -0.39 is 0 Å². The standard InChI is InChI=1S/C11H22N2O/c1-10(5-7-14-8-6-10)13-9-11(12)3-2-4-11/h13H,2-9,12H2,1H3. The van der Waals surface area contributed by atoms with Gasteiger partial charge >= 0.3 is 0 Å². The molecule has 0 radical (unpaired) electrons. The van der Waals surface area contributed by atoms with Crippen molar-refractivity contribution in [1.82, 2.24) is 5.32 Å². The smallest absolute Gasteiger partial charge is 0.0483 e. The van der Waals surface area contributed by atoms with Gasteiger partial charge in [0.1, 0.15) is 0 Å². The summed E-state index contributed by atoms with van der Waals surface area (Å²) in [6, 6.07) is 0. The van der Waals surface area contributed by atoms with Gasteiger partial charge in [-0.25, -0.2) is 0 Å². The molecule has 0 amide bonds. The zero-order valence-electron chi connectivity index (χ0n) is 9.14. The van der Waals surface area contributed by atoms with Crippen molar-refractivity contribution in [3.8, 4) is 0 Å². The summed E-state index contributed by atoms with van der Waals surface area (Å²) in [5.74, 6) is 0. The maximum absolute atomic E-state index is 6.19. The Labute approximate surface area is 86.4 Å². The average molecular weight is 198 g/mol. The highest BCUT2D eigenvalue weighted by molar-refractivity contribution is 4.97. The first kappa shape index (κ1) is 10.4. The highest BCUT2D eigenvalue weighted by Gasteiger charge is 2.35. The Hall–Kier alpha value is -0.120. The summed E-state index contributed by atoms with van der Waals surface area (Å²) in [6.45, 7) is 5.04. The van der Waals surface area contributed by atoms with Crippen molar-refractivity contribution in [1.29, 1.82) is 0 Å². The Bertz CT molecular complexity index is 195. The monoisotopic (exact) mass is 198 g/mol. The van der Waals surface area contributed by atoms with E-state index >= 15 is 0 Å². The molecule has 2 fully saturated rings. The van der Waals surface area contributed by atoms with E-state index in [1.165, 1.54) is 19.3 Å². The highest BCUT2D eigenvalue weighted by Crippen LogP contribution is 2.29. The molecule has 1 saturated heterocycles. The van der Waals surface area contributed by atoms with Gasteiger partial charge in [-0.15, -0.1) is 0 Å².